The van der Waals surface area contributed by atoms with Crippen LogP contribution >= 0.6 is 0 Å². The Hall–Kier alpha value is -2.49. The lowest BCUT2D eigenvalue weighted by atomic mass is 10.1. The summed E-state index contributed by atoms with van der Waals surface area (Å²) in [4.78, 5) is 12.2. The Bertz CT molecular complexity index is 816. The summed E-state index contributed by atoms with van der Waals surface area (Å²) in [6, 6.07) is 11.1. The molecule has 1 aromatic heterocycles. The lowest BCUT2D eigenvalue weighted by molar-refractivity contribution is 0.0965. The molecule has 0 aliphatic rings. The number of carbonyl (C=O) groups excluding carboxylic acids is 1. The number of carbonyl (C=O) groups is 1. The molecule has 21 heavy (non-hydrogen) atoms. The van der Waals surface area contributed by atoms with Gasteiger partial charge in [0.25, 0.3) is 0 Å². The smallest absolute Gasteiger partial charge is 0.188 e. The zero-order valence-corrected chi connectivity index (χ0v) is 11.4. The van der Waals surface area contributed by atoms with Crippen molar-refractivity contribution in [2.75, 3.05) is 0 Å². The number of aryl methyl sites for hydroxylation is 1. The molecular formula is C17H13F2NO. The first-order valence-electron chi connectivity index (χ1n) is 6.59. The molecule has 2 aromatic carbocycles. The lowest BCUT2D eigenvalue weighted by Gasteiger charge is -2.07. The van der Waals surface area contributed by atoms with E-state index in [2.05, 4.69) is 0 Å². The molecule has 0 aliphatic carbocycles. The highest BCUT2D eigenvalue weighted by molar-refractivity contribution is 5.97. The topological polar surface area (TPSA) is 22.0 Å². The summed E-state index contributed by atoms with van der Waals surface area (Å²) >= 11 is 0. The minimum Gasteiger partial charge on any atom is -0.340 e. The third-order valence-electron chi connectivity index (χ3n) is 3.48. The van der Waals surface area contributed by atoms with Gasteiger partial charge in [0.15, 0.2) is 5.78 Å². The molecule has 106 valence electrons. The van der Waals surface area contributed by atoms with Gasteiger partial charge in [-0.2, -0.15) is 0 Å². The molecule has 0 atom stereocenters. The number of hydrogen-bond donors (Lipinski definition) is 0. The largest absolute Gasteiger partial charge is 0.340 e. The Morgan fingerprint density at radius 1 is 1.10 bits per heavy atom. The van der Waals surface area contributed by atoms with E-state index >= 15 is 0 Å². The van der Waals surface area contributed by atoms with Crippen molar-refractivity contribution in [3.8, 4) is 0 Å². The monoisotopic (exact) mass is 285 g/mol. The van der Waals surface area contributed by atoms with Gasteiger partial charge in [-0.1, -0.05) is 17.7 Å². The average Bonchev–Trinajstić information content (AvgIpc) is 2.80. The predicted octanol–water partition coefficient (Wildman–Crippen LogP) is 4.11. The molecule has 0 aliphatic heterocycles. The molecule has 0 bridgehead atoms. The SMILES string of the molecule is Cc1ccc2c(ccn2CC(=O)c2c(F)cccc2F)c1. The molecule has 3 rings (SSSR count). The number of fused-ring (bicyclic) bond motifs is 1. The summed E-state index contributed by atoms with van der Waals surface area (Å²) in [6.07, 6.45) is 1.75. The van der Waals surface area contributed by atoms with E-state index in [0.717, 1.165) is 28.6 Å². The number of halogens is 2. The second kappa shape index (κ2) is 5.13. The Labute approximate surface area is 120 Å². The third kappa shape index (κ3) is 2.44. The van der Waals surface area contributed by atoms with Crippen molar-refractivity contribution in [3.05, 3.63) is 71.4 Å². The fourth-order valence-electron chi connectivity index (χ4n) is 2.46. The van der Waals surface area contributed by atoms with Gasteiger partial charge in [0.1, 0.15) is 11.6 Å². The molecule has 1 heterocycles. The molecule has 0 radical (unpaired) electrons. The standard InChI is InChI=1S/C17H13F2NO/c1-11-5-6-15-12(9-11)7-8-20(15)10-16(21)17-13(18)3-2-4-14(17)19/h2-9H,10H2,1H3. The van der Waals surface area contributed by atoms with Crippen LogP contribution in [0.3, 0.4) is 0 Å². The highest BCUT2D eigenvalue weighted by Gasteiger charge is 2.17. The van der Waals surface area contributed by atoms with Crippen molar-refractivity contribution in [2.24, 2.45) is 0 Å². The second-order valence-corrected chi connectivity index (χ2v) is 5.03. The Kier molecular flexibility index (Phi) is 3.29. The number of Topliss-reactive ketones (excluding diaryl/α,β-unsaturated/α-hetero) is 1. The zero-order chi connectivity index (χ0) is 15.0. The van der Waals surface area contributed by atoms with Crippen LogP contribution in [0.4, 0.5) is 8.78 Å². The van der Waals surface area contributed by atoms with Gasteiger partial charge in [-0.3, -0.25) is 4.79 Å². The Morgan fingerprint density at radius 2 is 1.81 bits per heavy atom. The van der Waals surface area contributed by atoms with E-state index in [-0.39, 0.29) is 6.54 Å². The highest BCUT2D eigenvalue weighted by atomic mass is 19.1. The van der Waals surface area contributed by atoms with E-state index in [1.165, 1.54) is 6.07 Å². The lowest BCUT2D eigenvalue weighted by Crippen LogP contribution is -2.13. The quantitative estimate of drug-likeness (QED) is 0.664. The Morgan fingerprint density at radius 3 is 2.52 bits per heavy atom. The van der Waals surface area contributed by atoms with Crippen molar-refractivity contribution in [3.63, 3.8) is 0 Å². The number of ketones is 1. The summed E-state index contributed by atoms with van der Waals surface area (Å²) in [5, 5.41) is 0.997. The van der Waals surface area contributed by atoms with Crippen LogP contribution in [0.5, 0.6) is 0 Å². The van der Waals surface area contributed by atoms with Crippen molar-refractivity contribution < 1.29 is 13.6 Å². The fraction of sp³-hybridized carbons (Fsp3) is 0.118. The first-order chi connectivity index (χ1) is 10.1. The van der Waals surface area contributed by atoms with Crippen LogP contribution in [-0.2, 0) is 6.54 Å². The maximum atomic E-state index is 13.6. The van der Waals surface area contributed by atoms with Gasteiger partial charge >= 0.3 is 0 Å². The van der Waals surface area contributed by atoms with Crippen LogP contribution in [-0.4, -0.2) is 10.4 Å². The molecule has 0 amide bonds. The molecule has 0 N–H and O–H groups in total. The van der Waals surface area contributed by atoms with Crippen LogP contribution < -0.4 is 0 Å². The Balaban J connectivity index is 1.97. The number of aromatic nitrogens is 1. The number of benzene rings is 2. The maximum absolute atomic E-state index is 13.6. The van der Waals surface area contributed by atoms with E-state index in [1.54, 1.807) is 10.8 Å². The van der Waals surface area contributed by atoms with Crippen molar-refractivity contribution in [1.82, 2.24) is 4.57 Å². The van der Waals surface area contributed by atoms with Gasteiger partial charge in [-0.25, -0.2) is 8.78 Å². The summed E-state index contributed by atoms with van der Waals surface area (Å²) < 4.78 is 28.9. The number of rotatable bonds is 3. The molecule has 4 heteroatoms. The molecular weight excluding hydrogens is 272 g/mol. The van der Waals surface area contributed by atoms with Crippen LogP contribution in [0.1, 0.15) is 15.9 Å². The minimum absolute atomic E-state index is 0.0928. The van der Waals surface area contributed by atoms with Crippen LogP contribution in [0, 0.1) is 18.6 Å². The van der Waals surface area contributed by atoms with E-state index in [4.69, 9.17) is 0 Å². The van der Waals surface area contributed by atoms with Gasteiger partial charge < -0.3 is 4.57 Å². The van der Waals surface area contributed by atoms with Crippen molar-refractivity contribution >= 4 is 16.7 Å². The average molecular weight is 285 g/mol. The van der Waals surface area contributed by atoms with Crippen LogP contribution in [0.25, 0.3) is 10.9 Å². The molecule has 0 fully saturated rings. The normalized spacial score (nSPS) is 11.0. The maximum Gasteiger partial charge on any atom is 0.188 e. The summed E-state index contributed by atoms with van der Waals surface area (Å²) in [5.41, 5.74) is 1.50. The van der Waals surface area contributed by atoms with Crippen molar-refractivity contribution in [1.29, 1.82) is 0 Å². The number of nitrogens with zero attached hydrogens (tertiary/aromatic N) is 1. The van der Waals surface area contributed by atoms with Crippen molar-refractivity contribution in [2.45, 2.75) is 13.5 Å². The second-order valence-electron chi connectivity index (χ2n) is 5.03. The minimum atomic E-state index is -0.827. The van der Waals surface area contributed by atoms with E-state index < -0.39 is 23.0 Å². The molecule has 2 nitrogen and oxygen atoms in total. The van der Waals surface area contributed by atoms with Gasteiger partial charge in [-0.15, -0.1) is 0 Å². The first kappa shape index (κ1) is 13.5. The first-order valence-corrected chi connectivity index (χ1v) is 6.59. The van der Waals surface area contributed by atoms with E-state index in [0.29, 0.717) is 0 Å². The predicted molar refractivity (Wildman–Crippen MR) is 77.4 cm³/mol. The fourth-order valence-corrected chi connectivity index (χ4v) is 2.46. The zero-order valence-electron chi connectivity index (χ0n) is 11.4. The molecule has 0 unspecified atom stereocenters. The van der Waals surface area contributed by atoms with E-state index in [9.17, 15) is 13.6 Å². The van der Waals surface area contributed by atoms with Crippen LogP contribution in [0.2, 0.25) is 0 Å². The summed E-state index contributed by atoms with van der Waals surface area (Å²) in [6.45, 7) is 1.89. The molecule has 3 aromatic rings. The third-order valence-corrected chi connectivity index (χ3v) is 3.48. The van der Waals surface area contributed by atoms with Crippen LogP contribution in [0.15, 0.2) is 48.7 Å². The molecule has 0 saturated carbocycles. The number of hydrogen-bond acceptors (Lipinski definition) is 1. The molecule has 0 saturated heterocycles. The summed E-state index contributed by atoms with van der Waals surface area (Å²) in [5.74, 6) is -2.23. The van der Waals surface area contributed by atoms with E-state index in [1.807, 2.05) is 31.2 Å². The highest BCUT2D eigenvalue weighted by Crippen LogP contribution is 2.19. The van der Waals surface area contributed by atoms with Gasteiger partial charge in [0.2, 0.25) is 0 Å². The van der Waals surface area contributed by atoms with Gasteiger partial charge in [0, 0.05) is 11.7 Å². The summed E-state index contributed by atoms with van der Waals surface area (Å²) in [7, 11) is 0. The van der Waals surface area contributed by atoms with Gasteiger partial charge in [0.05, 0.1) is 12.1 Å². The van der Waals surface area contributed by atoms with Gasteiger partial charge in [-0.05, 0) is 42.6 Å². The molecule has 0 spiro atoms.